The van der Waals surface area contributed by atoms with Crippen LogP contribution in [-0.2, 0) is 18.8 Å². The van der Waals surface area contributed by atoms with Gasteiger partial charge in [0.2, 0.25) is 0 Å². The van der Waals surface area contributed by atoms with Crippen LogP contribution in [0.4, 0.5) is 0 Å². The lowest BCUT2D eigenvalue weighted by atomic mass is 9.51. The number of fused-ring (bicyclic) bond motifs is 5. The Labute approximate surface area is 200 Å². The van der Waals surface area contributed by atoms with Gasteiger partial charge in [0.15, 0.2) is 14.1 Å². The monoisotopic (exact) mass is 470 g/mol. The van der Waals surface area contributed by atoms with E-state index in [0.29, 0.717) is 23.8 Å². The van der Waals surface area contributed by atoms with Crippen molar-refractivity contribution < 1.29 is 18.8 Å². The quantitative estimate of drug-likeness (QED) is 0.208. The first-order valence-electron chi connectivity index (χ1n) is 13.0. The molecular formula is C28H42O4Si. The van der Waals surface area contributed by atoms with Gasteiger partial charge >= 0.3 is 5.97 Å². The SMILES string of the molecule is COC(=O)/C(C)=C1\C(=O)C[C@]2(C)C3=C(C[C@]4(O[Si](C)(C)C(C)(C)C)CCCC[C@@H]4[C@H]31)[C@H]1C[C@H]12. The predicted molar refractivity (Wildman–Crippen MR) is 132 cm³/mol. The summed E-state index contributed by atoms with van der Waals surface area (Å²) in [5.74, 6) is 1.35. The van der Waals surface area contributed by atoms with Crippen LogP contribution in [-0.4, -0.2) is 32.8 Å². The van der Waals surface area contributed by atoms with Crippen molar-refractivity contribution in [3.63, 3.8) is 0 Å². The summed E-state index contributed by atoms with van der Waals surface area (Å²) in [6.07, 6.45) is 7.34. The normalized spacial score (nSPS) is 41.3. The molecule has 4 nitrogen and oxygen atoms in total. The molecule has 182 valence electrons. The van der Waals surface area contributed by atoms with Crippen molar-refractivity contribution in [1.29, 1.82) is 0 Å². The van der Waals surface area contributed by atoms with Crippen molar-refractivity contribution in [2.24, 2.45) is 29.1 Å². The fourth-order valence-electron chi connectivity index (χ4n) is 7.99. The molecule has 5 aliphatic rings. The van der Waals surface area contributed by atoms with Crippen molar-refractivity contribution in [3.05, 3.63) is 22.3 Å². The predicted octanol–water partition coefficient (Wildman–Crippen LogP) is 6.37. The molecule has 0 heterocycles. The Balaban J connectivity index is 1.71. The minimum absolute atomic E-state index is 0.0250. The van der Waals surface area contributed by atoms with E-state index >= 15 is 0 Å². The Bertz CT molecular complexity index is 982. The molecule has 5 aliphatic carbocycles. The molecule has 6 atom stereocenters. The van der Waals surface area contributed by atoms with Crippen LogP contribution in [0, 0.1) is 29.1 Å². The van der Waals surface area contributed by atoms with Gasteiger partial charge < -0.3 is 9.16 Å². The van der Waals surface area contributed by atoms with Crippen molar-refractivity contribution in [2.45, 2.75) is 103 Å². The van der Waals surface area contributed by atoms with Gasteiger partial charge in [-0.2, -0.15) is 0 Å². The molecule has 3 saturated carbocycles. The summed E-state index contributed by atoms with van der Waals surface area (Å²) < 4.78 is 12.6. The summed E-state index contributed by atoms with van der Waals surface area (Å²) in [6.45, 7) is 15.9. The zero-order valence-corrected chi connectivity index (χ0v) is 22.9. The largest absolute Gasteiger partial charge is 0.466 e. The number of Topliss-reactive ketones (excluding diaryl/α,β-unsaturated/α-hetero) is 1. The number of hydrogen-bond donors (Lipinski definition) is 0. The number of methoxy groups -OCH3 is 1. The molecule has 0 unspecified atom stereocenters. The molecule has 0 saturated heterocycles. The van der Waals surface area contributed by atoms with Crippen molar-refractivity contribution in [3.8, 4) is 0 Å². The zero-order valence-electron chi connectivity index (χ0n) is 21.9. The second-order valence-corrected chi connectivity index (χ2v) is 18.1. The van der Waals surface area contributed by atoms with E-state index < -0.39 is 8.32 Å². The molecule has 0 N–H and O–H groups in total. The summed E-state index contributed by atoms with van der Waals surface area (Å²) >= 11 is 0. The average Bonchev–Trinajstić information content (AvgIpc) is 3.48. The number of carbonyl (C=O) groups excluding carboxylic acids is 2. The van der Waals surface area contributed by atoms with Gasteiger partial charge in [0.1, 0.15) is 0 Å². The maximum atomic E-state index is 13.8. The molecule has 0 aromatic heterocycles. The third-order valence-electron chi connectivity index (χ3n) is 10.6. The number of hydrogen-bond acceptors (Lipinski definition) is 4. The minimum Gasteiger partial charge on any atom is -0.466 e. The van der Waals surface area contributed by atoms with Crippen LogP contribution in [0.2, 0.25) is 18.1 Å². The summed E-state index contributed by atoms with van der Waals surface area (Å²) in [6, 6.07) is 0. The zero-order chi connectivity index (χ0) is 24.1. The maximum absolute atomic E-state index is 13.8. The van der Waals surface area contributed by atoms with Crippen LogP contribution in [0.15, 0.2) is 22.3 Å². The van der Waals surface area contributed by atoms with Gasteiger partial charge in [-0.15, -0.1) is 0 Å². The Hall–Kier alpha value is -1.20. The third kappa shape index (κ3) is 3.17. The molecule has 0 aliphatic heterocycles. The van der Waals surface area contributed by atoms with Crippen LogP contribution in [0.1, 0.15) is 79.6 Å². The van der Waals surface area contributed by atoms with Crippen LogP contribution in [0.5, 0.6) is 0 Å². The Morgan fingerprint density at radius 2 is 1.82 bits per heavy atom. The van der Waals surface area contributed by atoms with Gasteiger partial charge in [-0.25, -0.2) is 4.79 Å². The highest BCUT2D eigenvalue weighted by molar-refractivity contribution is 6.74. The van der Waals surface area contributed by atoms with Crippen molar-refractivity contribution >= 4 is 20.1 Å². The molecule has 5 rings (SSSR count). The summed E-state index contributed by atoms with van der Waals surface area (Å²) in [7, 11) is -0.610. The van der Waals surface area contributed by atoms with E-state index in [1.165, 1.54) is 31.9 Å². The molecule has 3 fully saturated rings. The summed E-state index contributed by atoms with van der Waals surface area (Å²) in [5.41, 5.74) is 4.18. The van der Waals surface area contributed by atoms with Crippen LogP contribution >= 0.6 is 0 Å². The fourth-order valence-corrected chi connectivity index (χ4v) is 9.63. The van der Waals surface area contributed by atoms with Gasteiger partial charge in [-0.05, 0) is 73.9 Å². The van der Waals surface area contributed by atoms with E-state index in [0.717, 1.165) is 24.8 Å². The first-order chi connectivity index (χ1) is 15.3. The number of ketones is 1. The first kappa shape index (κ1) is 23.5. The molecule has 0 amide bonds. The number of esters is 1. The Morgan fingerprint density at radius 1 is 1.12 bits per heavy atom. The maximum Gasteiger partial charge on any atom is 0.333 e. The lowest BCUT2D eigenvalue weighted by Gasteiger charge is -2.59. The Morgan fingerprint density at radius 3 is 2.45 bits per heavy atom. The number of ether oxygens (including phenoxy) is 1. The highest BCUT2D eigenvalue weighted by Crippen LogP contribution is 2.75. The molecule has 5 heteroatoms. The van der Waals surface area contributed by atoms with Gasteiger partial charge in [-0.1, -0.05) is 51.7 Å². The lowest BCUT2D eigenvalue weighted by molar-refractivity contribution is -0.137. The molecule has 33 heavy (non-hydrogen) atoms. The molecule has 0 radical (unpaired) electrons. The van der Waals surface area contributed by atoms with Gasteiger partial charge in [0.25, 0.3) is 0 Å². The molecule has 0 spiro atoms. The van der Waals surface area contributed by atoms with E-state index in [1.807, 2.05) is 6.92 Å². The topological polar surface area (TPSA) is 52.6 Å². The van der Waals surface area contributed by atoms with E-state index in [1.54, 1.807) is 5.57 Å². The highest BCUT2D eigenvalue weighted by atomic mass is 28.4. The lowest BCUT2D eigenvalue weighted by Crippen LogP contribution is -2.59. The van der Waals surface area contributed by atoms with Gasteiger partial charge in [0.05, 0.1) is 12.7 Å². The highest BCUT2D eigenvalue weighted by Gasteiger charge is 2.69. The van der Waals surface area contributed by atoms with Crippen LogP contribution < -0.4 is 0 Å². The number of allylic oxidation sites excluding steroid dienone is 2. The summed E-state index contributed by atoms with van der Waals surface area (Å²) in [5, 5.41) is 0.133. The van der Waals surface area contributed by atoms with Gasteiger partial charge in [0, 0.05) is 23.5 Å². The number of rotatable bonds is 3. The molecule has 0 aromatic carbocycles. The molecule has 0 aromatic rings. The van der Waals surface area contributed by atoms with E-state index in [2.05, 4.69) is 40.8 Å². The van der Waals surface area contributed by atoms with E-state index in [-0.39, 0.29) is 39.6 Å². The standard InChI is InChI=1S/C28H42O4Si/c1-16(25(30)31-6)22-21(29)15-27(5)20-13-17(20)18-14-28(32-33(7,8)26(2,3)4)12-10-9-11-19(28)23(22)24(18)27/h17,19-20,23H,9-15H2,1-8H3/b22-16+/t17-,19-,20-,23+,27+,28-/m1/s1. The van der Waals surface area contributed by atoms with Crippen LogP contribution in [0.3, 0.4) is 0 Å². The first-order valence-corrected chi connectivity index (χ1v) is 15.9. The van der Waals surface area contributed by atoms with Crippen molar-refractivity contribution in [1.82, 2.24) is 0 Å². The van der Waals surface area contributed by atoms with Crippen LogP contribution in [0.25, 0.3) is 0 Å². The Kier molecular flexibility index (Phi) is 5.11. The van der Waals surface area contributed by atoms with Gasteiger partial charge in [-0.3, -0.25) is 4.79 Å². The van der Waals surface area contributed by atoms with E-state index in [4.69, 9.17) is 9.16 Å². The van der Waals surface area contributed by atoms with E-state index in [9.17, 15) is 9.59 Å². The smallest absolute Gasteiger partial charge is 0.333 e. The second kappa shape index (κ2) is 7.16. The van der Waals surface area contributed by atoms with Crippen molar-refractivity contribution in [2.75, 3.05) is 7.11 Å². The fraction of sp³-hybridized carbons (Fsp3) is 0.786. The average molecular weight is 471 g/mol. The molecular weight excluding hydrogens is 428 g/mol. The molecule has 0 bridgehead atoms. The number of carbonyl (C=O) groups is 2. The minimum atomic E-state index is -2.03. The summed E-state index contributed by atoms with van der Waals surface area (Å²) in [4.78, 5) is 26.5. The second-order valence-electron chi connectivity index (χ2n) is 13.4. The third-order valence-corrected chi connectivity index (χ3v) is 15.1.